The van der Waals surface area contributed by atoms with Gasteiger partial charge in [0.05, 0.1) is 0 Å². The molecule has 0 saturated carbocycles. The monoisotopic (exact) mass is 278 g/mol. The summed E-state index contributed by atoms with van der Waals surface area (Å²) in [5, 5.41) is 0. The van der Waals surface area contributed by atoms with Crippen molar-refractivity contribution >= 4 is 0 Å². The number of hydrogen-bond acceptors (Lipinski definition) is 0. The van der Waals surface area contributed by atoms with E-state index in [1.54, 1.807) is 39.0 Å². The van der Waals surface area contributed by atoms with Crippen molar-refractivity contribution in [3.8, 4) is 0 Å². The second-order valence-corrected chi connectivity index (χ2v) is 7.30. The van der Waals surface area contributed by atoms with Crippen LogP contribution in [0, 0.1) is 5.92 Å². The largest absolute Gasteiger partial charge is 0.0804 e. The predicted octanol–water partition coefficient (Wildman–Crippen LogP) is 6.19. The molecular formula is C21H26. The van der Waals surface area contributed by atoms with Crippen molar-refractivity contribution in [2.75, 3.05) is 0 Å². The number of allylic oxidation sites excluding steroid dienone is 10. The Balaban J connectivity index is 1.73. The highest BCUT2D eigenvalue weighted by molar-refractivity contribution is 5.59. The summed E-state index contributed by atoms with van der Waals surface area (Å²) in [5.41, 5.74) is 12.0. The molecule has 0 heterocycles. The maximum absolute atomic E-state index is 2.38. The smallest absolute Gasteiger partial charge is 0.00598 e. The van der Waals surface area contributed by atoms with E-state index >= 15 is 0 Å². The lowest BCUT2D eigenvalue weighted by Crippen LogP contribution is -2.16. The van der Waals surface area contributed by atoms with Crippen LogP contribution in [0.25, 0.3) is 0 Å². The van der Waals surface area contributed by atoms with E-state index in [4.69, 9.17) is 0 Å². The summed E-state index contributed by atoms with van der Waals surface area (Å²) in [6.07, 6.45) is 17.6. The van der Waals surface area contributed by atoms with E-state index in [1.165, 1.54) is 51.4 Å². The average Bonchev–Trinajstić information content (AvgIpc) is 3.13. The van der Waals surface area contributed by atoms with Crippen LogP contribution in [-0.2, 0) is 0 Å². The molecule has 0 aliphatic heterocycles. The van der Waals surface area contributed by atoms with Gasteiger partial charge in [0.15, 0.2) is 0 Å². The molecule has 0 aromatic carbocycles. The highest BCUT2D eigenvalue weighted by atomic mass is 14.4. The summed E-state index contributed by atoms with van der Waals surface area (Å²) in [5.74, 6) is 0.699. The molecule has 4 aliphatic carbocycles. The maximum atomic E-state index is 2.38. The van der Waals surface area contributed by atoms with E-state index in [0.29, 0.717) is 5.92 Å². The lowest BCUT2D eigenvalue weighted by Gasteiger charge is -2.31. The second kappa shape index (κ2) is 5.16. The minimum Gasteiger partial charge on any atom is -0.0804 e. The molecule has 0 N–H and O–H groups in total. The Labute approximate surface area is 129 Å². The maximum Gasteiger partial charge on any atom is 0.00598 e. The van der Waals surface area contributed by atoms with E-state index in [-0.39, 0.29) is 0 Å². The van der Waals surface area contributed by atoms with E-state index in [2.05, 4.69) is 32.1 Å². The number of hydrogen-bond donors (Lipinski definition) is 0. The minimum absolute atomic E-state index is 0.699. The minimum atomic E-state index is 0.699. The Bertz CT molecular complexity index is 627. The molecule has 4 rings (SSSR count). The molecule has 0 spiro atoms. The van der Waals surface area contributed by atoms with Gasteiger partial charge < -0.3 is 0 Å². The average molecular weight is 278 g/mol. The van der Waals surface area contributed by atoms with E-state index < -0.39 is 0 Å². The van der Waals surface area contributed by atoms with E-state index in [0.717, 1.165) is 0 Å². The first-order chi connectivity index (χ1) is 10.3. The first kappa shape index (κ1) is 13.4. The zero-order valence-corrected chi connectivity index (χ0v) is 13.5. The Morgan fingerprint density at radius 1 is 1.00 bits per heavy atom. The number of rotatable bonds is 1. The fourth-order valence-corrected chi connectivity index (χ4v) is 4.98. The topological polar surface area (TPSA) is 0 Å². The van der Waals surface area contributed by atoms with E-state index in [9.17, 15) is 0 Å². The fraction of sp³-hybridized carbons (Fsp3) is 0.524. The Kier molecular flexibility index (Phi) is 3.28. The third kappa shape index (κ3) is 2.11. The van der Waals surface area contributed by atoms with Gasteiger partial charge >= 0.3 is 0 Å². The van der Waals surface area contributed by atoms with Gasteiger partial charge in [-0.05, 0) is 87.5 Å². The summed E-state index contributed by atoms with van der Waals surface area (Å²) >= 11 is 0. The SMILES string of the molecule is CC(C)=C1C2=C(CCC1C1=CC=CC1)C1=C(CCCC1)C2. The molecule has 0 nitrogen and oxygen atoms in total. The fourth-order valence-electron chi connectivity index (χ4n) is 4.98. The molecule has 0 bridgehead atoms. The molecular weight excluding hydrogens is 252 g/mol. The van der Waals surface area contributed by atoms with Crippen LogP contribution in [0.1, 0.15) is 65.2 Å². The van der Waals surface area contributed by atoms with Gasteiger partial charge in [-0.2, -0.15) is 0 Å². The van der Waals surface area contributed by atoms with Crippen LogP contribution in [0.2, 0.25) is 0 Å². The van der Waals surface area contributed by atoms with Crippen molar-refractivity contribution in [2.24, 2.45) is 5.92 Å². The van der Waals surface area contributed by atoms with Crippen molar-refractivity contribution in [1.29, 1.82) is 0 Å². The van der Waals surface area contributed by atoms with Crippen LogP contribution < -0.4 is 0 Å². The summed E-state index contributed by atoms with van der Waals surface area (Å²) in [4.78, 5) is 0. The van der Waals surface area contributed by atoms with Gasteiger partial charge in [0.25, 0.3) is 0 Å². The van der Waals surface area contributed by atoms with Crippen LogP contribution in [-0.4, -0.2) is 0 Å². The molecule has 1 atom stereocenters. The first-order valence-electron chi connectivity index (χ1n) is 8.72. The van der Waals surface area contributed by atoms with Crippen LogP contribution in [0.3, 0.4) is 0 Å². The summed E-state index contributed by atoms with van der Waals surface area (Å²) in [6.45, 7) is 4.66. The van der Waals surface area contributed by atoms with Crippen LogP contribution in [0.15, 0.2) is 57.2 Å². The Morgan fingerprint density at radius 3 is 2.62 bits per heavy atom. The number of fused-ring (bicyclic) bond motifs is 1. The Hall–Kier alpha value is -1.30. The Morgan fingerprint density at radius 2 is 1.86 bits per heavy atom. The molecule has 1 unspecified atom stereocenters. The third-order valence-electron chi connectivity index (χ3n) is 5.84. The first-order valence-corrected chi connectivity index (χ1v) is 8.72. The lowest BCUT2D eigenvalue weighted by molar-refractivity contribution is 0.600. The molecule has 0 aromatic rings. The second-order valence-electron chi connectivity index (χ2n) is 7.30. The highest BCUT2D eigenvalue weighted by Gasteiger charge is 2.35. The van der Waals surface area contributed by atoms with Gasteiger partial charge in [0.1, 0.15) is 0 Å². The zero-order valence-electron chi connectivity index (χ0n) is 13.5. The predicted molar refractivity (Wildman–Crippen MR) is 90.1 cm³/mol. The van der Waals surface area contributed by atoms with Gasteiger partial charge in [-0.15, -0.1) is 0 Å². The van der Waals surface area contributed by atoms with Crippen molar-refractivity contribution < 1.29 is 0 Å². The molecule has 0 fully saturated rings. The standard InChI is InChI=1S/C21H26/c1-14(2)21-18(15-7-3-4-8-15)11-12-19-17-10-6-5-9-16(17)13-20(19)21/h3-4,7,18H,5-6,8-13H2,1-2H3. The van der Waals surface area contributed by atoms with Crippen molar-refractivity contribution in [2.45, 2.75) is 65.2 Å². The molecule has 0 aromatic heterocycles. The summed E-state index contributed by atoms with van der Waals surface area (Å²) in [7, 11) is 0. The van der Waals surface area contributed by atoms with Gasteiger partial charge in [0, 0.05) is 5.92 Å². The van der Waals surface area contributed by atoms with Gasteiger partial charge in [0.2, 0.25) is 0 Å². The molecule has 0 radical (unpaired) electrons. The zero-order chi connectivity index (χ0) is 14.4. The molecule has 110 valence electrons. The quantitative estimate of drug-likeness (QED) is 0.536. The normalized spacial score (nSPS) is 28.0. The van der Waals surface area contributed by atoms with Crippen molar-refractivity contribution in [1.82, 2.24) is 0 Å². The lowest BCUT2D eigenvalue weighted by atomic mass is 9.73. The molecule has 0 saturated heterocycles. The van der Waals surface area contributed by atoms with Crippen LogP contribution >= 0.6 is 0 Å². The van der Waals surface area contributed by atoms with Gasteiger partial charge in [-0.1, -0.05) is 34.9 Å². The molecule has 0 heteroatoms. The van der Waals surface area contributed by atoms with Crippen molar-refractivity contribution in [3.63, 3.8) is 0 Å². The molecule has 0 amide bonds. The summed E-state index contributed by atoms with van der Waals surface area (Å²) < 4.78 is 0. The molecule has 4 aliphatic rings. The van der Waals surface area contributed by atoms with Gasteiger partial charge in [-0.25, -0.2) is 0 Å². The molecule has 21 heavy (non-hydrogen) atoms. The van der Waals surface area contributed by atoms with Crippen LogP contribution in [0.4, 0.5) is 0 Å². The van der Waals surface area contributed by atoms with Crippen molar-refractivity contribution in [3.05, 3.63) is 57.2 Å². The third-order valence-corrected chi connectivity index (χ3v) is 5.84. The van der Waals surface area contributed by atoms with E-state index in [1.807, 2.05) is 0 Å². The van der Waals surface area contributed by atoms with Crippen LogP contribution in [0.5, 0.6) is 0 Å². The highest BCUT2D eigenvalue weighted by Crippen LogP contribution is 2.52. The summed E-state index contributed by atoms with van der Waals surface area (Å²) in [6, 6.07) is 0. The van der Waals surface area contributed by atoms with Gasteiger partial charge in [-0.3, -0.25) is 0 Å².